The van der Waals surface area contributed by atoms with Crippen molar-refractivity contribution >= 4 is 38.6 Å². The minimum atomic E-state index is -0.477. The number of rotatable bonds is 7. The largest absolute Gasteiger partial charge is 0.310 e. The lowest BCUT2D eigenvalue weighted by atomic mass is 9.68. The highest BCUT2D eigenvalue weighted by atomic mass is 15.1. The van der Waals surface area contributed by atoms with Crippen molar-refractivity contribution in [2.45, 2.75) is 5.41 Å². The Balaban J connectivity index is 1.04. The Morgan fingerprint density at radius 2 is 0.845 bits per heavy atom. The van der Waals surface area contributed by atoms with Crippen LogP contribution in [0.25, 0.3) is 54.9 Å². The maximum Gasteiger partial charge on any atom is 0.0714 e. The lowest BCUT2D eigenvalue weighted by Crippen LogP contribution is -2.28. The molecule has 1 heteroatoms. The normalized spacial score (nSPS) is 12.6. The van der Waals surface area contributed by atoms with Gasteiger partial charge in [0.25, 0.3) is 0 Å². The standard InChI is InChI=1S/C57H39N/c1-4-18-46(19-5-1)57(47-20-6-2-7-21-47)53-27-13-12-26-52(53)56-54(57)28-15-29-55(56)58(48-22-8-3-9-23-48)49-24-14-17-43(39-49)40-30-32-41(33-31-40)44-36-37-51-45(38-44)35-34-42-16-10-11-25-50(42)51/h1-39H. The summed E-state index contributed by atoms with van der Waals surface area (Å²) in [5.41, 5.74) is 15.3. The molecule has 0 aromatic heterocycles. The Morgan fingerprint density at radius 3 is 1.59 bits per heavy atom. The third-order valence-corrected chi connectivity index (χ3v) is 12.1. The minimum Gasteiger partial charge on any atom is -0.310 e. The van der Waals surface area contributed by atoms with Crippen LogP contribution in [0.1, 0.15) is 22.3 Å². The SMILES string of the molecule is c1ccc(N(c2cccc(-c3ccc(-c4ccc5c(ccc6ccccc65)c4)cc3)c2)c2cccc3c2-c2ccccc2C3(c2ccccc2)c2ccccc2)cc1. The molecule has 0 N–H and O–H groups in total. The molecule has 10 aromatic rings. The molecule has 0 unspecified atom stereocenters. The van der Waals surface area contributed by atoms with E-state index >= 15 is 0 Å². The summed E-state index contributed by atoms with van der Waals surface area (Å²) in [5.74, 6) is 0. The van der Waals surface area contributed by atoms with Gasteiger partial charge in [-0.15, -0.1) is 0 Å². The second-order valence-electron chi connectivity index (χ2n) is 15.2. The van der Waals surface area contributed by atoms with Crippen molar-refractivity contribution < 1.29 is 0 Å². The highest BCUT2D eigenvalue weighted by Crippen LogP contribution is 2.59. The molecular formula is C57H39N. The van der Waals surface area contributed by atoms with E-state index in [2.05, 4.69) is 241 Å². The summed E-state index contributed by atoms with van der Waals surface area (Å²) in [5, 5.41) is 5.11. The third-order valence-electron chi connectivity index (χ3n) is 12.1. The summed E-state index contributed by atoms with van der Waals surface area (Å²) >= 11 is 0. The molecule has 11 rings (SSSR count). The first-order valence-electron chi connectivity index (χ1n) is 20.1. The van der Waals surface area contributed by atoms with E-state index in [0.29, 0.717) is 0 Å². The summed E-state index contributed by atoms with van der Waals surface area (Å²) in [6.45, 7) is 0. The van der Waals surface area contributed by atoms with Crippen LogP contribution in [0.4, 0.5) is 17.1 Å². The average molecular weight is 738 g/mol. The third kappa shape index (κ3) is 5.39. The molecule has 10 aromatic carbocycles. The maximum atomic E-state index is 2.44. The van der Waals surface area contributed by atoms with Crippen molar-refractivity contribution in [3.05, 3.63) is 259 Å². The van der Waals surface area contributed by atoms with E-state index in [4.69, 9.17) is 0 Å². The van der Waals surface area contributed by atoms with Crippen molar-refractivity contribution in [1.29, 1.82) is 0 Å². The first-order valence-corrected chi connectivity index (χ1v) is 20.1. The smallest absolute Gasteiger partial charge is 0.0714 e. The van der Waals surface area contributed by atoms with Gasteiger partial charge in [0.05, 0.1) is 11.1 Å². The first-order chi connectivity index (χ1) is 28.8. The highest BCUT2D eigenvalue weighted by Gasteiger charge is 2.47. The lowest BCUT2D eigenvalue weighted by Gasteiger charge is -2.34. The van der Waals surface area contributed by atoms with E-state index in [1.807, 2.05) is 0 Å². The highest BCUT2D eigenvalue weighted by molar-refractivity contribution is 6.08. The van der Waals surface area contributed by atoms with Gasteiger partial charge in [0, 0.05) is 16.9 Å². The molecule has 0 saturated carbocycles. The Kier molecular flexibility index (Phi) is 8.12. The summed E-state index contributed by atoms with van der Waals surface area (Å²) in [4.78, 5) is 2.44. The van der Waals surface area contributed by atoms with Gasteiger partial charge in [-0.2, -0.15) is 0 Å². The molecule has 0 saturated heterocycles. The number of nitrogens with zero attached hydrogens (tertiary/aromatic N) is 1. The molecule has 0 atom stereocenters. The van der Waals surface area contributed by atoms with Gasteiger partial charge in [0.2, 0.25) is 0 Å². The molecular weight excluding hydrogens is 699 g/mol. The number of fused-ring (bicyclic) bond motifs is 6. The van der Waals surface area contributed by atoms with Crippen LogP contribution in [-0.4, -0.2) is 0 Å². The van der Waals surface area contributed by atoms with Crippen molar-refractivity contribution in [1.82, 2.24) is 0 Å². The molecule has 272 valence electrons. The maximum absolute atomic E-state index is 2.44. The summed E-state index contributed by atoms with van der Waals surface area (Å²) in [7, 11) is 0. The van der Waals surface area contributed by atoms with E-state index in [1.54, 1.807) is 0 Å². The average Bonchev–Trinajstić information content (AvgIpc) is 3.62. The topological polar surface area (TPSA) is 3.24 Å². The van der Waals surface area contributed by atoms with E-state index in [0.717, 1.165) is 17.1 Å². The Morgan fingerprint density at radius 1 is 0.310 bits per heavy atom. The number of benzene rings is 10. The molecule has 58 heavy (non-hydrogen) atoms. The molecule has 0 aliphatic heterocycles. The zero-order valence-corrected chi connectivity index (χ0v) is 32.0. The quantitative estimate of drug-likeness (QED) is 0.147. The fourth-order valence-electron chi connectivity index (χ4n) is 9.54. The van der Waals surface area contributed by atoms with Crippen LogP contribution in [0.5, 0.6) is 0 Å². The van der Waals surface area contributed by atoms with Crippen molar-refractivity contribution in [3.63, 3.8) is 0 Å². The molecule has 1 aliphatic carbocycles. The Hall–Kier alpha value is -7.48. The zero-order valence-electron chi connectivity index (χ0n) is 32.0. The van der Waals surface area contributed by atoms with E-state index in [1.165, 1.54) is 77.2 Å². The van der Waals surface area contributed by atoms with Gasteiger partial charge in [0.1, 0.15) is 0 Å². The van der Waals surface area contributed by atoms with Crippen LogP contribution >= 0.6 is 0 Å². The van der Waals surface area contributed by atoms with Crippen LogP contribution in [0.2, 0.25) is 0 Å². The van der Waals surface area contributed by atoms with Gasteiger partial charge in [-0.25, -0.2) is 0 Å². The Bertz CT molecular complexity index is 3050. The second kappa shape index (κ2) is 13.9. The van der Waals surface area contributed by atoms with Crippen molar-refractivity contribution in [2.75, 3.05) is 4.90 Å². The van der Waals surface area contributed by atoms with Crippen molar-refractivity contribution in [2.24, 2.45) is 0 Å². The monoisotopic (exact) mass is 737 g/mol. The molecule has 0 spiro atoms. The van der Waals surface area contributed by atoms with Gasteiger partial charge in [0.15, 0.2) is 0 Å². The van der Waals surface area contributed by atoms with Crippen LogP contribution < -0.4 is 4.90 Å². The van der Waals surface area contributed by atoms with Gasteiger partial charge >= 0.3 is 0 Å². The molecule has 0 heterocycles. The summed E-state index contributed by atoms with van der Waals surface area (Å²) in [6, 6.07) is 86.7. The first kappa shape index (κ1) is 33.8. The van der Waals surface area contributed by atoms with E-state index in [-0.39, 0.29) is 0 Å². The fourth-order valence-corrected chi connectivity index (χ4v) is 9.54. The summed E-state index contributed by atoms with van der Waals surface area (Å²) < 4.78 is 0. The van der Waals surface area contributed by atoms with Crippen LogP contribution in [0, 0.1) is 0 Å². The van der Waals surface area contributed by atoms with Gasteiger partial charge in [-0.1, -0.05) is 200 Å². The molecule has 0 amide bonds. The predicted molar refractivity (Wildman–Crippen MR) is 244 cm³/mol. The molecule has 1 nitrogen and oxygen atoms in total. The predicted octanol–water partition coefficient (Wildman–Crippen LogP) is 15.2. The van der Waals surface area contributed by atoms with Gasteiger partial charge in [-0.3, -0.25) is 0 Å². The number of anilines is 3. The van der Waals surface area contributed by atoms with E-state index in [9.17, 15) is 0 Å². The number of para-hydroxylation sites is 1. The summed E-state index contributed by atoms with van der Waals surface area (Å²) in [6.07, 6.45) is 0. The number of hydrogen-bond donors (Lipinski definition) is 0. The van der Waals surface area contributed by atoms with Crippen LogP contribution in [0.3, 0.4) is 0 Å². The van der Waals surface area contributed by atoms with Crippen LogP contribution in [-0.2, 0) is 5.41 Å². The Labute approximate surface area is 339 Å². The van der Waals surface area contributed by atoms with Gasteiger partial charge in [-0.05, 0) is 108 Å². The molecule has 1 aliphatic rings. The minimum absolute atomic E-state index is 0.477. The lowest BCUT2D eigenvalue weighted by molar-refractivity contribution is 0.768. The van der Waals surface area contributed by atoms with E-state index < -0.39 is 5.41 Å². The molecule has 0 fully saturated rings. The zero-order chi connectivity index (χ0) is 38.5. The second-order valence-corrected chi connectivity index (χ2v) is 15.2. The number of hydrogen-bond acceptors (Lipinski definition) is 1. The van der Waals surface area contributed by atoms with Gasteiger partial charge < -0.3 is 4.90 Å². The molecule has 0 radical (unpaired) electrons. The molecule has 0 bridgehead atoms. The van der Waals surface area contributed by atoms with Crippen LogP contribution in [0.15, 0.2) is 237 Å². The fraction of sp³-hybridized carbons (Fsp3) is 0.0175. The van der Waals surface area contributed by atoms with Crippen molar-refractivity contribution in [3.8, 4) is 33.4 Å².